The summed E-state index contributed by atoms with van der Waals surface area (Å²) in [5.41, 5.74) is 6.58. The summed E-state index contributed by atoms with van der Waals surface area (Å²) < 4.78 is 5.45. The Morgan fingerprint density at radius 2 is 2.00 bits per heavy atom. The van der Waals surface area contributed by atoms with Crippen LogP contribution in [0.15, 0.2) is 30.3 Å². The number of hydrogen-bond acceptors (Lipinski definition) is 3. The molecule has 0 saturated heterocycles. The molecule has 110 valence electrons. The molecule has 1 atom stereocenters. The second kappa shape index (κ2) is 7.41. The van der Waals surface area contributed by atoms with E-state index < -0.39 is 6.10 Å². The molecule has 0 radical (unpaired) electrons. The smallest absolute Gasteiger partial charge is 0.256 e. The first-order valence-corrected chi connectivity index (χ1v) is 7.36. The predicted molar refractivity (Wildman–Crippen MR) is 79.2 cm³/mol. The lowest BCUT2D eigenvalue weighted by molar-refractivity contribution is -0.144. The van der Waals surface area contributed by atoms with E-state index in [1.54, 1.807) is 7.11 Å². The van der Waals surface area contributed by atoms with E-state index in [-0.39, 0.29) is 5.91 Å². The minimum absolute atomic E-state index is 0.0380. The van der Waals surface area contributed by atoms with Crippen LogP contribution in [-0.2, 0) is 9.53 Å². The maximum absolute atomic E-state index is 12.8. The van der Waals surface area contributed by atoms with Gasteiger partial charge in [-0.25, -0.2) is 0 Å². The highest BCUT2D eigenvalue weighted by molar-refractivity contribution is 5.82. The van der Waals surface area contributed by atoms with E-state index in [0.717, 1.165) is 18.4 Å². The van der Waals surface area contributed by atoms with Gasteiger partial charge >= 0.3 is 0 Å². The lowest BCUT2D eigenvalue weighted by atomic mass is 10.1. The summed E-state index contributed by atoms with van der Waals surface area (Å²) in [6.07, 6.45) is 4.03. The van der Waals surface area contributed by atoms with Gasteiger partial charge in [-0.1, -0.05) is 43.2 Å². The zero-order valence-corrected chi connectivity index (χ0v) is 12.1. The normalized spacial score (nSPS) is 17.1. The van der Waals surface area contributed by atoms with Crippen molar-refractivity contribution in [2.75, 3.05) is 20.2 Å². The van der Waals surface area contributed by atoms with Crippen LogP contribution in [0.25, 0.3) is 0 Å². The van der Waals surface area contributed by atoms with Crippen LogP contribution in [0.3, 0.4) is 0 Å². The average molecular weight is 276 g/mol. The fourth-order valence-corrected chi connectivity index (χ4v) is 2.99. The van der Waals surface area contributed by atoms with Crippen LogP contribution in [0.1, 0.15) is 37.4 Å². The number of benzene rings is 1. The minimum atomic E-state index is -0.525. The van der Waals surface area contributed by atoms with E-state index in [4.69, 9.17) is 10.5 Å². The van der Waals surface area contributed by atoms with Gasteiger partial charge in [0.1, 0.15) is 0 Å². The Morgan fingerprint density at radius 1 is 1.35 bits per heavy atom. The lowest BCUT2D eigenvalue weighted by Crippen LogP contribution is -2.44. The number of amides is 1. The van der Waals surface area contributed by atoms with Crippen molar-refractivity contribution in [1.82, 2.24) is 4.90 Å². The third kappa shape index (κ3) is 3.38. The van der Waals surface area contributed by atoms with Gasteiger partial charge < -0.3 is 15.4 Å². The highest BCUT2D eigenvalue weighted by Gasteiger charge is 2.31. The third-order valence-electron chi connectivity index (χ3n) is 3.98. The predicted octanol–water partition coefficient (Wildman–Crippen LogP) is 2.10. The lowest BCUT2D eigenvalue weighted by Gasteiger charge is -2.31. The van der Waals surface area contributed by atoms with Crippen molar-refractivity contribution in [1.29, 1.82) is 0 Å². The van der Waals surface area contributed by atoms with E-state index in [1.807, 2.05) is 35.2 Å². The van der Waals surface area contributed by atoms with Crippen molar-refractivity contribution in [3.63, 3.8) is 0 Å². The minimum Gasteiger partial charge on any atom is -0.367 e. The molecule has 1 aromatic rings. The van der Waals surface area contributed by atoms with Crippen molar-refractivity contribution in [3.8, 4) is 0 Å². The number of nitrogens with zero attached hydrogens (tertiary/aromatic N) is 1. The Bertz CT molecular complexity index is 416. The number of carbonyl (C=O) groups is 1. The monoisotopic (exact) mass is 276 g/mol. The van der Waals surface area contributed by atoms with Crippen LogP contribution in [0.2, 0.25) is 0 Å². The van der Waals surface area contributed by atoms with Gasteiger partial charge in [0.15, 0.2) is 6.10 Å². The molecule has 0 spiro atoms. The zero-order chi connectivity index (χ0) is 14.4. The van der Waals surface area contributed by atoms with Crippen molar-refractivity contribution in [2.24, 2.45) is 5.73 Å². The van der Waals surface area contributed by atoms with Gasteiger partial charge in [0, 0.05) is 26.2 Å². The Labute approximate surface area is 120 Å². The zero-order valence-electron chi connectivity index (χ0n) is 12.1. The fourth-order valence-electron chi connectivity index (χ4n) is 2.99. The molecular weight excluding hydrogens is 252 g/mol. The molecule has 20 heavy (non-hydrogen) atoms. The van der Waals surface area contributed by atoms with E-state index in [2.05, 4.69) is 0 Å². The summed E-state index contributed by atoms with van der Waals surface area (Å²) >= 11 is 0. The topological polar surface area (TPSA) is 55.6 Å². The number of methoxy groups -OCH3 is 1. The molecule has 0 aromatic heterocycles. The first kappa shape index (κ1) is 15.0. The summed E-state index contributed by atoms with van der Waals surface area (Å²) in [6, 6.07) is 9.99. The fraction of sp³-hybridized carbons (Fsp3) is 0.562. The number of carbonyl (C=O) groups excluding carboxylic acids is 1. The second-order valence-electron chi connectivity index (χ2n) is 5.29. The molecule has 4 nitrogen and oxygen atoms in total. The summed E-state index contributed by atoms with van der Waals surface area (Å²) in [5, 5.41) is 0. The molecular formula is C16H24N2O2. The van der Waals surface area contributed by atoms with E-state index in [9.17, 15) is 4.79 Å². The first-order chi connectivity index (χ1) is 9.77. The van der Waals surface area contributed by atoms with Crippen molar-refractivity contribution in [3.05, 3.63) is 35.9 Å². The SMILES string of the molecule is COC(C(=O)N(CCN)C1CCCC1)c1ccccc1. The Morgan fingerprint density at radius 3 is 2.55 bits per heavy atom. The Balaban J connectivity index is 2.16. The molecule has 1 amide bonds. The summed E-state index contributed by atoms with van der Waals surface area (Å²) in [6.45, 7) is 1.10. The number of hydrogen-bond donors (Lipinski definition) is 1. The summed E-state index contributed by atoms with van der Waals surface area (Å²) in [7, 11) is 1.59. The average Bonchev–Trinajstić information content (AvgIpc) is 3.00. The van der Waals surface area contributed by atoms with Gasteiger partial charge in [-0.3, -0.25) is 4.79 Å². The van der Waals surface area contributed by atoms with Crippen molar-refractivity contribution < 1.29 is 9.53 Å². The number of nitrogens with two attached hydrogens (primary N) is 1. The van der Waals surface area contributed by atoms with Crippen molar-refractivity contribution >= 4 is 5.91 Å². The van der Waals surface area contributed by atoms with Crippen LogP contribution >= 0.6 is 0 Å². The molecule has 1 aliphatic rings. The van der Waals surface area contributed by atoms with Gasteiger partial charge in [-0.15, -0.1) is 0 Å². The molecule has 0 aliphatic heterocycles. The molecule has 4 heteroatoms. The standard InChI is InChI=1S/C16H24N2O2/c1-20-15(13-7-3-2-4-8-13)16(19)18(12-11-17)14-9-5-6-10-14/h2-4,7-8,14-15H,5-6,9-12,17H2,1H3. The van der Waals surface area contributed by atoms with Crippen LogP contribution in [0.5, 0.6) is 0 Å². The number of ether oxygens (including phenoxy) is 1. The molecule has 1 fully saturated rings. The molecule has 0 bridgehead atoms. The molecule has 2 N–H and O–H groups in total. The molecule has 1 aliphatic carbocycles. The molecule has 1 saturated carbocycles. The van der Waals surface area contributed by atoms with E-state index in [0.29, 0.717) is 19.1 Å². The van der Waals surface area contributed by atoms with Crippen LogP contribution in [0.4, 0.5) is 0 Å². The van der Waals surface area contributed by atoms with Gasteiger partial charge in [0.25, 0.3) is 5.91 Å². The second-order valence-corrected chi connectivity index (χ2v) is 5.29. The van der Waals surface area contributed by atoms with Crippen LogP contribution in [-0.4, -0.2) is 37.0 Å². The van der Waals surface area contributed by atoms with E-state index in [1.165, 1.54) is 12.8 Å². The Hall–Kier alpha value is -1.39. The highest BCUT2D eigenvalue weighted by Crippen LogP contribution is 2.27. The summed E-state index contributed by atoms with van der Waals surface area (Å²) in [5.74, 6) is 0.0380. The van der Waals surface area contributed by atoms with Gasteiger partial charge in [0.05, 0.1) is 0 Å². The highest BCUT2D eigenvalue weighted by atomic mass is 16.5. The molecule has 0 heterocycles. The van der Waals surface area contributed by atoms with Gasteiger partial charge in [0.2, 0.25) is 0 Å². The molecule has 1 unspecified atom stereocenters. The first-order valence-electron chi connectivity index (χ1n) is 7.36. The van der Waals surface area contributed by atoms with Crippen LogP contribution in [0, 0.1) is 0 Å². The Kier molecular flexibility index (Phi) is 5.56. The largest absolute Gasteiger partial charge is 0.367 e. The molecule has 2 rings (SSSR count). The molecule has 1 aromatic carbocycles. The van der Waals surface area contributed by atoms with E-state index >= 15 is 0 Å². The van der Waals surface area contributed by atoms with Gasteiger partial charge in [-0.2, -0.15) is 0 Å². The third-order valence-corrected chi connectivity index (χ3v) is 3.98. The maximum Gasteiger partial charge on any atom is 0.256 e. The van der Waals surface area contributed by atoms with Crippen molar-refractivity contribution in [2.45, 2.75) is 37.8 Å². The number of rotatable bonds is 6. The van der Waals surface area contributed by atoms with Crippen LogP contribution < -0.4 is 5.73 Å². The maximum atomic E-state index is 12.8. The summed E-state index contributed by atoms with van der Waals surface area (Å²) in [4.78, 5) is 14.7. The van der Waals surface area contributed by atoms with Gasteiger partial charge in [-0.05, 0) is 18.4 Å². The quantitative estimate of drug-likeness (QED) is 0.865.